The van der Waals surface area contributed by atoms with Gasteiger partial charge in [0, 0.05) is 30.5 Å². The van der Waals surface area contributed by atoms with Crippen molar-refractivity contribution in [3.63, 3.8) is 0 Å². The first kappa shape index (κ1) is 12.1. The predicted molar refractivity (Wildman–Crippen MR) is 70.9 cm³/mol. The number of benzene rings is 1. The monoisotopic (exact) mass is 246 g/mol. The second-order valence-electron chi connectivity index (χ2n) is 4.12. The molecule has 0 unspecified atom stereocenters. The number of rotatable bonds is 4. The van der Waals surface area contributed by atoms with Crippen LogP contribution in [0.4, 0.5) is 0 Å². The van der Waals surface area contributed by atoms with Crippen molar-refractivity contribution in [2.75, 3.05) is 7.05 Å². The lowest BCUT2D eigenvalue weighted by molar-refractivity contribution is 0.319. The molecule has 0 saturated heterocycles. The van der Waals surface area contributed by atoms with Crippen LogP contribution in [0.15, 0.2) is 48.8 Å². The molecule has 2 rings (SSSR count). The number of halogens is 1. The van der Waals surface area contributed by atoms with Crippen molar-refractivity contribution < 1.29 is 0 Å². The van der Waals surface area contributed by atoms with Gasteiger partial charge in [0.25, 0.3) is 0 Å². The van der Waals surface area contributed by atoms with Gasteiger partial charge in [0.05, 0.1) is 0 Å². The van der Waals surface area contributed by atoms with Crippen molar-refractivity contribution in [1.29, 1.82) is 0 Å². The van der Waals surface area contributed by atoms with Crippen LogP contribution >= 0.6 is 11.6 Å². The minimum absolute atomic E-state index is 0.828. The standard InChI is InChI=1S/C14H15ClN2/c1-17(10-12-6-8-16-9-7-12)11-13-4-2-3-5-14(13)15/h2-9H,10-11H2,1H3. The van der Waals surface area contributed by atoms with Crippen LogP contribution in [0.2, 0.25) is 5.02 Å². The zero-order valence-electron chi connectivity index (χ0n) is 9.81. The maximum absolute atomic E-state index is 6.13. The number of nitrogens with zero attached hydrogens (tertiary/aromatic N) is 2. The summed E-state index contributed by atoms with van der Waals surface area (Å²) in [4.78, 5) is 6.24. The molecule has 0 radical (unpaired) electrons. The van der Waals surface area contributed by atoms with Crippen LogP contribution in [-0.4, -0.2) is 16.9 Å². The van der Waals surface area contributed by atoms with E-state index in [9.17, 15) is 0 Å². The van der Waals surface area contributed by atoms with Gasteiger partial charge >= 0.3 is 0 Å². The highest BCUT2D eigenvalue weighted by atomic mass is 35.5. The smallest absolute Gasteiger partial charge is 0.0451 e. The molecular formula is C14H15ClN2. The Balaban J connectivity index is 1.98. The quantitative estimate of drug-likeness (QED) is 0.822. The average Bonchev–Trinajstić information content (AvgIpc) is 2.33. The number of aromatic nitrogens is 1. The molecular weight excluding hydrogens is 232 g/mol. The summed E-state index contributed by atoms with van der Waals surface area (Å²) < 4.78 is 0. The topological polar surface area (TPSA) is 16.1 Å². The van der Waals surface area contributed by atoms with E-state index < -0.39 is 0 Å². The third-order valence-electron chi connectivity index (χ3n) is 2.60. The van der Waals surface area contributed by atoms with Gasteiger partial charge in [0.2, 0.25) is 0 Å². The fourth-order valence-corrected chi connectivity index (χ4v) is 1.97. The molecule has 0 aliphatic rings. The molecule has 1 heterocycles. The molecule has 2 nitrogen and oxygen atoms in total. The van der Waals surface area contributed by atoms with E-state index in [-0.39, 0.29) is 0 Å². The predicted octanol–water partition coefficient (Wildman–Crippen LogP) is 3.37. The van der Waals surface area contributed by atoms with Crippen LogP contribution in [0.5, 0.6) is 0 Å². The highest BCUT2D eigenvalue weighted by Crippen LogP contribution is 2.17. The molecule has 0 amide bonds. The summed E-state index contributed by atoms with van der Waals surface area (Å²) in [6.07, 6.45) is 3.64. The molecule has 0 aliphatic carbocycles. The fraction of sp³-hybridized carbons (Fsp3) is 0.214. The van der Waals surface area contributed by atoms with Gasteiger partial charge in [-0.2, -0.15) is 0 Å². The maximum atomic E-state index is 6.13. The van der Waals surface area contributed by atoms with E-state index in [1.807, 2.05) is 42.7 Å². The minimum atomic E-state index is 0.828. The van der Waals surface area contributed by atoms with E-state index in [0.29, 0.717) is 0 Å². The summed E-state index contributed by atoms with van der Waals surface area (Å²) in [6.45, 7) is 1.75. The molecule has 3 heteroatoms. The van der Waals surface area contributed by atoms with E-state index >= 15 is 0 Å². The van der Waals surface area contributed by atoms with Crippen LogP contribution in [0.1, 0.15) is 11.1 Å². The lowest BCUT2D eigenvalue weighted by atomic mass is 10.2. The second-order valence-corrected chi connectivity index (χ2v) is 4.53. The van der Waals surface area contributed by atoms with Crippen LogP contribution in [-0.2, 0) is 13.1 Å². The molecule has 0 spiro atoms. The number of hydrogen-bond donors (Lipinski definition) is 0. The van der Waals surface area contributed by atoms with Gasteiger partial charge in [-0.25, -0.2) is 0 Å². The van der Waals surface area contributed by atoms with E-state index in [1.54, 1.807) is 0 Å². The summed E-state index contributed by atoms with van der Waals surface area (Å²) in [5.74, 6) is 0. The van der Waals surface area contributed by atoms with Crippen molar-refractivity contribution >= 4 is 11.6 Å². The Morgan fingerprint density at radius 1 is 1.06 bits per heavy atom. The van der Waals surface area contributed by atoms with Gasteiger partial charge in [-0.3, -0.25) is 9.88 Å². The molecule has 0 fully saturated rings. The number of hydrogen-bond acceptors (Lipinski definition) is 2. The van der Waals surface area contributed by atoms with Gasteiger partial charge in [-0.15, -0.1) is 0 Å². The molecule has 0 N–H and O–H groups in total. The lowest BCUT2D eigenvalue weighted by Gasteiger charge is -2.17. The first-order chi connectivity index (χ1) is 8.25. The molecule has 2 aromatic rings. The Labute approximate surface area is 107 Å². The fourth-order valence-electron chi connectivity index (χ4n) is 1.77. The largest absolute Gasteiger partial charge is 0.298 e. The van der Waals surface area contributed by atoms with E-state index in [4.69, 9.17) is 11.6 Å². The summed E-state index contributed by atoms with van der Waals surface area (Å²) in [5, 5.41) is 0.828. The zero-order chi connectivity index (χ0) is 12.1. The normalized spacial score (nSPS) is 10.8. The molecule has 1 aromatic carbocycles. The third-order valence-corrected chi connectivity index (χ3v) is 2.97. The molecule has 0 bridgehead atoms. The summed E-state index contributed by atoms with van der Waals surface area (Å²) >= 11 is 6.13. The summed E-state index contributed by atoms with van der Waals surface area (Å²) in [7, 11) is 2.09. The summed E-state index contributed by atoms with van der Waals surface area (Å²) in [5.41, 5.74) is 2.42. The van der Waals surface area contributed by atoms with Gasteiger partial charge < -0.3 is 0 Å². The molecule has 0 aliphatic heterocycles. The first-order valence-electron chi connectivity index (χ1n) is 5.56. The third kappa shape index (κ3) is 3.55. The van der Waals surface area contributed by atoms with Crippen molar-refractivity contribution in [2.24, 2.45) is 0 Å². The van der Waals surface area contributed by atoms with Gasteiger partial charge in [-0.1, -0.05) is 29.8 Å². The van der Waals surface area contributed by atoms with Crippen LogP contribution in [0, 0.1) is 0 Å². The Morgan fingerprint density at radius 3 is 2.47 bits per heavy atom. The maximum Gasteiger partial charge on any atom is 0.0451 e. The van der Waals surface area contributed by atoms with Gasteiger partial charge in [0.15, 0.2) is 0 Å². The van der Waals surface area contributed by atoms with Crippen molar-refractivity contribution in [2.45, 2.75) is 13.1 Å². The Kier molecular flexibility index (Phi) is 4.13. The zero-order valence-corrected chi connectivity index (χ0v) is 10.6. The van der Waals surface area contributed by atoms with Crippen LogP contribution in [0.3, 0.4) is 0 Å². The van der Waals surface area contributed by atoms with E-state index in [0.717, 1.165) is 23.7 Å². The molecule has 0 saturated carbocycles. The van der Waals surface area contributed by atoms with Crippen LogP contribution < -0.4 is 0 Å². The highest BCUT2D eigenvalue weighted by molar-refractivity contribution is 6.31. The minimum Gasteiger partial charge on any atom is -0.298 e. The van der Waals surface area contributed by atoms with E-state index in [1.165, 1.54) is 5.56 Å². The van der Waals surface area contributed by atoms with Crippen LogP contribution in [0.25, 0.3) is 0 Å². The Bertz CT molecular complexity index is 471. The van der Waals surface area contributed by atoms with Crippen molar-refractivity contribution in [3.05, 3.63) is 64.9 Å². The molecule has 1 aromatic heterocycles. The van der Waals surface area contributed by atoms with Gasteiger partial charge in [0.1, 0.15) is 0 Å². The lowest BCUT2D eigenvalue weighted by Crippen LogP contribution is -2.17. The molecule has 17 heavy (non-hydrogen) atoms. The SMILES string of the molecule is CN(Cc1ccncc1)Cc1ccccc1Cl. The van der Waals surface area contributed by atoms with Crippen molar-refractivity contribution in [3.8, 4) is 0 Å². The average molecular weight is 247 g/mol. The van der Waals surface area contributed by atoms with Crippen molar-refractivity contribution in [1.82, 2.24) is 9.88 Å². The Hall–Kier alpha value is -1.38. The first-order valence-corrected chi connectivity index (χ1v) is 5.94. The molecule has 88 valence electrons. The Morgan fingerprint density at radius 2 is 1.76 bits per heavy atom. The van der Waals surface area contributed by atoms with Gasteiger partial charge in [-0.05, 0) is 36.4 Å². The summed E-state index contributed by atoms with van der Waals surface area (Å²) in [6, 6.07) is 12.0. The molecule has 0 atom stereocenters. The second kappa shape index (κ2) is 5.80. The number of pyridine rings is 1. The van der Waals surface area contributed by atoms with E-state index in [2.05, 4.69) is 23.0 Å². The highest BCUT2D eigenvalue weighted by Gasteiger charge is 2.04.